The van der Waals surface area contributed by atoms with E-state index in [9.17, 15) is 13.2 Å². The first-order valence-corrected chi connectivity index (χ1v) is 11.0. The van der Waals surface area contributed by atoms with Crippen molar-refractivity contribution in [3.8, 4) is 0 Å². The molecule has 0 bridgehead atoms. The molecule has 0 aliphatic carbocycles. The maximum Gasteiger partial charge on any atom is 0.416 e. The highest BCUT2D eigenvalue weighted by Gasteiger charge is 2.41. The smallest absolute Gasteiger partial charge is 0.367 e. The minimum Gasteiger partial charge on any atom is -0.367 e. The zero-order valence-electron chi connectivity index (χ0n) is 16.7. The molecule has 5 nitrogen and oxygen atoms in total. The number of aromatic nitrogens is 3. The number of hydrogen-bond donors (Lipinski definition) is 0. The number of anilines is 1. The van der Waals surface area contributed by atoms with Gasteiger partial charge in [-0.1, -0.05) is 11.8 Å². The number of hydrogen-bond acceptors (Lipinski definition) is 5. The van der Waals surface area contributed by atoms with Crippen LogP contribution >= 0.6 is 11.8 Å². The Morgan fingerprint density at radius 2 is 1.90 bits per heavy atom. The minimum atomic E-state index is -4.28. The summed E-state index contributed by atoms with van der Waals surface area (Å²) in [4.78, 5) is 4.79. The fourth-order valence-electron chi connectivity index (χ4n) is 4.36. The second kappa shape index (κ2) is 8.18. The molecule has 0 amide bonds. The summed E-state index contributed by atoms with van der Waals surface area (Å²) in [5.41, 5.74) is 0.321. The lowest BCUT2D eigenvalue weighted by molar-refractivity contribution is -0.137. The fraction of sp³-hybridized carbons (Fsp3) is 0.600. The van der Waals surface area contributed by atoms with Crippen LogP contribution in [0, 0.1) is 12.8 Å². The molecule has 0 spiro atoms. The molecule has 2 fully saturated rings. The van der Waals surface area contributed by atoms with E-state index in [1.54, 1.807) is 23.9 Å². The van der Waals surface area contributed by atoms with E-state index < -0.39 is 11.7 Å². The Morgan fingerprint density at radius 3 is 2.55 bits per heavy atom. The first-order valence-electron chi connectivity index (χ1n) is 9.98. The number of likely N-dealkylation sites (tertiary alicyclic amines) is 1. The summed E-state index contributed by atoms with van der Waals surface area (Å²) in [6, 6.07) is 6.03. The predicted octanol–water partition coefficient (Wildman–Crippen LogP) is 3.84. The molecule has 1 aromatic carbocycles. The van der Waals surface area contributed by atoms with Gasteiger partial charge in [0, 0.05) is 44.2 Å². The van der Waals surface area contributed by atoms with Gasteiger partial charge in [0.25, 0.3) is 0 Å². The predicted molar refractivity (Wildman–Crippen MR) is 108 cm³/mol. The Bertz CT molecular complexity index is 836. The number of halogens is 3. The van der Waals surface area contributed by atoms with Crippen molar-refractivity contribution in [1.29, 1.82) is 0 Å². The van der Waals surface area contributed by atoms with E-state index in [-0.39, 0.29) is 0 Å². The summed E-state index contributed by atoms with van der Waals surface area (Å²) < 4.78 is 40.4. The third-order valence-corrected chi connectivity index (χ3v) is 7.16. The monoisotopic (exact) mass is 425 g/mol. The molecule has 0 N–H and O–H groups in total. The second-order valence-electron chi connectivity index (χ2n) is 7.90. The van der Waals surface area contributed by atoms with Gasteiger partial charge in [-0.3, -0.25) is 0 Å². The number of thioether (sulfide) groups is 1. The van der Waals surface area contributed by atoms with Crippen LogP contribution in [0.2, 0.25) is 0 Å². The van der Waals surface area contributed by atoms with Gasteiger partial charge in [0.05, 0.1) is 5.56 Å². The van der Waals surface area contributed by atoms with Gasteiger partial charge >= 0.3 is 6.18 Å². The molecule has 1 aromatic heterocycles. The van der Waals surface area contributed by atoms with Crippen molar-refractivity contribution in [1.82, 2.24) is 19.7 Å². The molecular formula is C20H26F3N5S. The van der Waals surface area contributed by atoms with Crippen LogP contribution in [-0.4, -0.2) is 57.6 Å². The van der Waals surface area contributed by atoms with Crippen LogP contribution in [0.25, 0.3) is 0 Å². The highest BCUT2D eigenvalue weighted by atomic mass is 32.2. The minimum absolute atomic E-state index is 0.403. The van der Waals surface area contributed by atoms with Crippen LogP contribution < -0.4 is 4.90 Å². The molecule has 2 aliphatic rings. The fourth-order valence-corrected chi connectivity index (χ4v) is 5.24. The largest absolute Gasteiger partial charge is 0.416 e. The molecule has 0 unspecified atom stereocenters. The standard InChI is InChI=1S/C20H26F3N5S/c1-14-24-25-19(26(14)2)29-11-3-9-27-12-15-8-10-28(18(15)13-27)17-6-4-16(5-7-17)20(21,22)23/h4-7,15,18H,3,8-13H2,1-2H3/t15-,18+/m0/s1. The molecule has 4 rings (SSSR count). The molecule has 2 aromatic rings. The Hall–Kier alpha value is -1.74. The number of nitrogens with zero attached hydrogens (tertiary/aromatic N) is 5. The van der Waals surface area contributed by atoms with Crippen LogP contribution in [0.4, 0.5) is 18.9 Å². The zero-order chi connectivity index (χ0) is 20.6. The van der Waals surface area contributed by atoms with Gasteiger partial charge in [-0.15, -0.1) is 10.2 Å². The number of alkyl halides is 3. The third-order valence-electron chi connectivity index (χ3n) is 6.05. The Balaban J connectivity index is 1.28. The van der Waals surface area contributed by atoms with Crippen molar-refractivity contribution in [2.75, 3.05) is 36.8 Å². The molecule has 2 saturated heterocycles. The Kier molecular flexibility index (Phi) is 5.79. The van der Waals surface area contributed by atoms with Crippen LogP contribution in [0.1, 0.15) is 24.2 Å². The highest BCUT2D eigenvalue weighted by Crippen LogP contribution is 2.37. The van der Waals surface area contributed by atoms with Crippen LogP contribution in [0.3, 0.4) is 0 Å². The molecule has 0 radical (unpaired) electrons. The van der Waals surface area contributed by atoms with Gasteiger partial charge < -0.3 is 14.4 Å². The van der Waals surface area contributed by atoms with Crippen molar-refractivity contribution in [3.05, 3.63) is 35.7 Å². The molecule has 158 valence electrons. The molecule has 2 aliphatic heterocycles. The normalized spacial score (nSPS) is 22.4. The first kappa shape index (κ1) is 20.5. The summed E-state index contributed by atoms with van der Waals surface area (Å²) >= 11 is 1.73. The average molecular weight is 426 g/mol. The highest BCUT2D eigenvalue weighted by molar-refractivity contribution is 7.99. The lowest BCUT2D eigenvalue weighted by atomic mass is 10.0. The zero-order valence-corrected chi connectivity index (χ0v) is 17.5. The van der Waals surface area contributed by atoms with Crippen LogP contribution in [0.15, 0.2) is 29.4 Å². The van der Waals surface area contributed by atoms with Gasteiger partial charge in [0.1, 0.15) is 5.82 Å². The van der Waals surface area contributed by atoms with Gasteiger partial charge in [-0.05, 0) is 56.5 Å². The number of fused-ring (bicyclic) bond motifs is 1. The molecule has 9 heteroatoms. The van der Waals surface area contributed by atoms with Crippen molar-refractivity contribution in [2.45, 2.75) is 37.1 Å². The van der Waals surface area contributed by atoms with Crippen LogP contribution in [-0.2, 0) is 13.2 Å². The second-order valence-corrected chi connectivity index (χ2v) is 8.97. The SMILES string of the molecule is Cc1nnc(SCCCN2C[C@@H]3CCN(c4ccc(C(F)(F)F)cc4)[C@@H]3C2)n1C. The average Bonchev–Trinajstić information content (AvgIpc) is 3.34. The van der Waals surface area contributed by atoms with Crippen LogP contribution in [0.5, 0.6) is 0 Å². The van der Waals surface area contributed by atoms with E-state index >= 15 is 0 Å². The van der Waals surface area contributed by atoms with Crippen molar-refractivity contribution in [3.63, 3.8) is 0 Å². The maximum atomic E-state index is 12.8. The first-order chi connectivity index (χ1) is 13.8. The van der Waals surface area contributed by atoms with E-state index in [1.807, 2.05) is 18.5 Å². The number of aryl methyl sites for hydroxylation is 1. The Labute approximate surface area is 173 Å². The molecular weight excluding hydrogens is 399 g/mol. The van der Waals surface area contributed by atoms with E-state index in [2.05, 4.69) is 20.0 Å². The molecule has 0 saturated carbocycles. The molecule has 3 heterocycles. The van der Waals surface area contributed by atoms with Crippen molar-refractivity contribution >= 4 is 17.4 Å². The molecule has 29 heavy (non-hydrogen) atoms. The quantitative estimate of drug-likeness (QED) is 0.519. The Morgan fingerprint density at radius 1 is 1.14 bits per heavy atom. The van der Waals surface area contributed by atoms with Crippen molar-refractivity contribution < 1.29 is 13.2 Å². The van der Waals surface area contributed by atoms with E-state index in [0.29, 0.717) is 12.0 Å². The third kappa shape index (κ3) is 4.40. The van der Waals surface area contributed by atoms with Crippen molar-refractivity contribution in [2.24, 2.45) is 13.0 Å². The summed E-state index contributed by atoms with van der Waals surface area (Å²) in [7, 11) is 1.98. The van der Waals surface area contributed by atoms with Gasteiger partial charge in [-0.2, -0.15) is 13.2 Å². The lowest BCUT2D eigenvalue weighted by Crippen LogP contribution is -2.35. The van der Waals surface area contributed by atoms with E-state index in [0.717, 1.165) is 61.4 Å². The summed E-state index contributed by atoms with van der Waals surface area (Å²) in [5, 5.41) is 9.21. The van der Waals surface area contributed by atoms with E-state index in [1.165, 1.54) is 12.1 Å². The number of rotatable bonds is 6. The van der Waals surface area contributed by atoms with Gasteiger partial charge in [0.2, 0.25) is 0 Å². The van der Waals surface area contributed by atoms with E-state index in [4.69, 9.17) is 0 Å². The lowest BCUT2D eigenvalue weighted by Gasteiger charge is -2.27. The molecule has 2 atom stereocenters. The topological polar surface area (TPSA) is 37.2 Å². The van der Waals surface area contributed by atoms with Gasteiger partial charge in [-0.25, -0.2) is 0 Å². The number of benzene rings is 1. The summed E-state index contributed by atoms with van der Waals surface area (Å²) in [5.74, 6) is 2.52. The maximum absolute atomic E-state index is 12.8. The summed E-state index contributed by atoms with van der Waals surface area (Å²) in [6.07, 6.45) is -2.09. The van der Waals surface area contributed by atoms with Gasteiger partial charge in [0.15, 0.2) is 5.16 Å². The summed E-state index contributed by atoms with van der Waals surface area (Å²) in [6.45, 7) is 5.98.